The highest BCUT2D eigenvalue weighted by Gasteiger charge is 1.95. The fourth-order valence-corrected chi connectivity index (χ4v) is 2.28. The summed E-state index contributed by atoms with van der Waals surface area (Å²) in [6.45, 7) is 1.87. The zero-order chi connectivity index (χ0) is 14.8. The second-order valence-corrected chi connectivity index (χ2v) is 5.34. The number of benzene rings is 1. The highest BCUT2D eigenvalue weighted by atomic mass is 16.5. The van der Waals surface area contributed by atoms with Crippen LogP contribution in [0.3, 0.4) is 0 Å². The van der Waals surface area contributed by atoms with E-state index in [0.29, 0.717) is 0 Å². The van der Waals surface area contributed by atoms with Crippen molar-refractivity contribution >= 4 is 5.69 Å². The number of aromatic nitrogens is 2. The zero-order valence-electron chi connectivity index (χ0n) is 12.6. The van der Waals surface area contributed by atoms with Gasteiger partial charge in [0.15, 0.2) is 0 Å². The Balaban J connectivity index is 1.41. The van der Waals surface area contributed by atoms with E-state index in [1.165, 1.54) is 32.1 Å². The summed E-state index contributed by atoms with van der Waals surface area (Å²) < 4.78 is 7.81. The standard InChI is InChI=1S/C17H25N3O/c18-16-7-9-17(10-8-16)21-14-6-4-2-1-3-5-12-20-13-11-19-15-20/h7-11,13,15H,1-6,12,14,18H2. The van der Waals surface area contributed by atoms with Crippen LogP contribution >= 0.6 is 0 Å². The highest BCUT2D eigenvalue weighted by Crippen LogP contribution is 2.14. The van der Waals surface area contributed by atoms with Gasteiger partial charge in [-0.2, -0.15) is 0 Å². The van der Waals surface area contributed by atoms with Gasteiger partial charge in [0.05, 0.1) is 12.9 Å². The van der Waals surface area contributed by atoms with Crippen molar-refractivity contribution in [1.29, 1.82) is 0 Å². The van der Waals surface area contributed by atoms with E-state index in [4.69, 9.17) is 10.5 Å². The number of hydrogen-bond acceptors (Lipinski definition) is 3. The molecule has 0 aliphatic carbocycles. The Morgan fingerprint density at radius 2 is 1.67 bits per heavy atom. The number of rotatable bonds is 10. The van der Waals surface area contributed by atoms with Gasteiger partial charge in [0.25, 0.3) is 0 Å². The van der Waals surface area contributed by atoms with Gasteiger partial charge in [-0.3, -0.25) is 0 Å². The maximum absolute atomic E-state index is 5.67. The van der Waals surface area contributed by atoms with E-state index in [0.717, 1.165) is 31.0 Å². The Bertz CT molecular complexity index is 479. The normalized spacial score (nSPS) is 10.7. The van der Waals surface area contributed by atoms with E-state index in [1.807, 2.05) is 43.0 Å². The minimum atomic E-state index is 0.776. The number of anilines is 1. The lowest BCUT2D eigenvalue weighted by Gasteiger charge is -2.06. The average molecular weight is 287 g/mol. The molecule has 4 nitrogen and oxygen atoms in total. The van der Waals surface area contributed by atoms with Crippen molar-refractivity contribution in [2.75, 3.05) is 12.3 Å². The van der Waals surface area contributed by atoms with Crippen LogP contribution in [0.15, 0.2) is 43.0 Å². The summed E-state index contributed by atoms with van der Waals surface area (Å²) in [5, 5.41) is 0. The molecule has 0 atom stereocenters. The molecule has 2 rings (SSSR count). The third-order valence-electron chi connectivity index (χ3n) is 3.52. The van der Waals surface area contributed by atoms with E-state index in [9.17, 15) is 0 Å². The molecule has 0 saturated carbocycles. The molecule has 0 amide bonds. The van der Waals surface area contributed by atoms with Crippen LogP contribution < -0.4 is 10.5 Å². The summed E-state index contributed by atoms with van der Waals surface area (Å²) in [6, 6.07) is 7.59. The van der Waals surface area contributed by atoms with E-state index in [2.05, 4.69) is 9.55 Å². The number of imidazole rings is 1. The fourth-order valence-electron chi connectivity index (χ4n) is 2.28. The Morgan fingerprint density at radius 3 is 2.38 bits per heavy atom. The molecule has 2 aromatic rings. The van der Waals surface area contributed by atoms with E-state index in [-0.39, 0.29) is 0 Å². The fraction of sp³-hybridized carbons (Fsp3) is 0.471. The van der Waals surface area contributed by atoms with E-state index >= 15 is 0 Å². The molecule has 1 aromatic heterocycles. The molecule has 0 radical (unpaired) electrons. The number of aryl methyl sites for hydroxylation is 1. The zero-order valence-corrected chi connectivity index (χ0v) is 12.6. The molecule has 0 spiro atoms. The lowest BCUT2D eigenvalue weighted by atomic mass is 10.1. The topological polar surface area (TPSA) is 53.1 Å². The molecule has 0 unspecified atom stereocenters. The van der Waals surface area contributed by atoms with Crippen molar-refractivity contribution < 1.29 is 4.74 Å². The molecular formula is C17H25N3O. The Hall–Kier alpha value is -1.97. The maximum Gasteiger partial charge on any atom is 0.119 e. The molecular weight excluding hydrogens is 262 g/mol. The molecule has 0 bridgehead atoms. The summed E-state index contributed by atoms with van der Waals surface area (Å²) in [5.74, 6) is 0.907. The van der Waals surface area contributed by atoms with Crippen LogP contribution in [0.2, 0.25) is 0 Å². The van der Waals surface area contributed by atoms with Crippen LogP contribution in [0.5, 0.6) is 5.75 Å². The first-order chi connectivity index (χ1) is 10.3. The molecule has 0 fully saturated rings. The monoisotopic (exact) mass is 287 g/mol. The summed E-state index contributed by atoms with van der Waals surface area (Å²) in [7, 11) is 0. The smallest absolute Gasteiger partial charge is 0.119 e. The molecule has 2 N–H and O–H groups in total. The van der Waals surface area contributed by atoms with Gasteiger partial charge in [-0.15, -0.1) is 0 Å². The number of hydrogen-bond donors (Lipinski definition) is 1. The van der Waals surface area contributed by atoms with Crippen molar-refractivity contribution in [1.82, 2.24) is 9.55 Å². The average Bonchev–Trinajstić information content (AvgIpc) is 3.01. The van der Waals surface area contributed by atoms with Crippen molar-refractivity contribution in [2.45, 2.75) is 45.1 Å². The molecule has 114 valence electrons. The van der Waals surface area contributed by atoms with Crippen LogP contribution in [0.25, 0.3) is 0 Å². The summed E-state index contributed by atoms with van der Waals surface area (Å²) >= 11 is 0. The van der Waals surface area contributed by atoms with Crippen LogP contribution in [0.4, 0.5) is 5.69 Å². The van der Waals surface area contributed by atoms with Gasteiger partial charge in [-0.1, -0.05) is 25.7 Å². The van der Waals surface area contributed by atoms with Crippen LogP contribution in [0, 0.1) is 0 Å². The first-order valence-electron chi connectivity index (χ1n) is 7.79. The van der Waals surface area contributed by atoms with Crippen molar-refractivity contribution in [3.05, 3.63) is 43.0 Å². The van der Waals surface area contributed by atoms with Crippen LogP contribution in [-0.4, -0.2) is 16.2 Å². The van der Waals surface area contributed by atoms with Crippen LogP contribution in [0.1, 0.15) is 38.5 Å². The van der Waals surface area contributed by atoms with Gasteiger partial charge in [-0.05, 0) is 37.1 Å². The largest absolute Gasteiger partial charge is 0.494 e. The number of ether oxygens (including phenoxy) is 1. The Labute approximate surface area is 127 Å². The van der Waals surface area contributed by atoms with Gasteiger partial charge in [0.1, 0.15) is 5.75 Å². The summed E-state index contributed by atoms with van der Waals surface area (Å²) in [6.07, 6.45) is 13.2. The molecule has 0 aliphatic rings. The minimum Gasteiger partial charge on any atom is -0.494 e. The lowest BCUT2D eigenvalue weighted by Crippen LogP contribution is -1.98. The maximum atomic E-state index is 5.67. The van der Waals surface area contributed by atoms with Gasteiger partial charge >= 0.3 is 0 Å². The molecule has 21 heavy (non-hydrogen) atoms. The third kappa shape index (κ3) is 6.34. The summed E-state index contributed by atoms with van der Waals surface area (Å²) in [5.41, 5.74) is 6.41. The highest BCUT2D eigenvalue weighted by molar-refractivity contribution is 5.41. The molecule has 4 heteroatoms. The van der Waals surface area contributed by atoms with E-state index in [1.54, 1.807) is 0 Å². The Kier molecular flexibility index (Phi) is 6.65. The number of nitrogens with zero attached hydrogens (tertiary/aromatic N) is 2. The van der Waals surface area contributed by atoms with Gasteiger partial charge in [0.2, 0.25) is 0 Å². The SMILES string of the molecule is Nc1ccc(OCCCCCCCCn2ccnc2)cc1. The number of nitrogens with two attached hydrogens (primary N) is 1. The quantitative estimate of drug-likeness (QED) is 0.533. The Morgan fingerprint density at radius 1 is 0.952 bits per heavy atom. The van der Waals surface area contributed by atoms with Gasteiger partial charge < -0.3 is 15.0 Å². The van der Waals surface area contributed by atoms with Crippen molar-refractivity contribution in [3.8, 4) is 5.75 Å². The lowest BCUT2D eigenvalue weighted by molar-refractivity contribution is 0.304. The second kappa shape index (κ2) is 9.06. The number of unbranched alkanes of at least 4 members (excludes halogenated alkanes) is 5. The molecule has 1 heterocycles. The van der Waals surface area contributed by atoms with Crippen molar-refractivity contribution in [2.24, 2.45) is 0 Å². The summed E-state index contributed by atoms with van der Waals surface area (Å²) in [4.78, 5) is 4.04. The third-order valence-corrected chi connectivity index (χ3v) is 3.52. The predicted octanol–water partition coefficient (Wildman–Crippen LogP) is 3.88. The van der Waals surface area contributed by atoms with Gasteiger partial charge in [-0.25, -0.2) is 4.98 Å². The van der Waals surface area contributed by atoms with Crippen molar-refractivity contribution in [3.63, 3.8) is 0 Å². The molecule has 0 saturated heterocycles. The van der Waals surface area contributed by atoms with Crippen LogP contribution in [-0.2, 0) is 6.54 Å². The first-order valence-corrected chi connectivity index (χ1v) is 7.79. The van der Waals surface area contributed by atoms with Gasteiger partial charge in [0, 0.05) is 24.6 Å². The molecule has 1 aromatic carbocycles. The molecule has 0 aliphatic heterocycles. The van der Waals surface area contributed by atoms with E-state index < -0.39 is 0 Å². The number of nitrogen functional groups attached to an aromatic ring is 1. The second-order valence-electron chi connectivity index (χ2n) is 5.34. The first kappa shape index (κ1) is 15.4. The predicted molar refractivity (Wildman–Crippen MR) is 86.3 cm³/mol. The minimum absolute atomic E-state index is 0.776.